The summed E-state index contributed by atoms with van der Waals surface area (Å²) in [7, 11) is 1.71. The summed E-state index contributed by atoms with van der Waals surface area (Å²) in [6.07, 6.45) is 2.07. The van der Waals surface area contributed by atoms with E-state index in [4.69, 9.17) is 0 Å². The van der Waals surface area contributed by atoms with E-state index in [1.807, 2.05) is 49.4 Å². The van der Waals surface area contributed by atoms with Gasteiger partial charge in [-0.2, -0.15) is 5.10 Å². The summed E-state index contributed by atoms with van der Waals surface area (Å²) in [6.45, 7) is 4.37. The lowest BCUT2D eigenvalue weighted by atomic mass is 9.97. The predicted octanol–water partition coefficient (Wildman–Crippen LogP) is 2.44. The highest BCUT2D eigenvalue weighted by molar-refractivity contribution is 5.59. The zero-order chi connectivity index (χ0) is 18.8. The van der Waals surface area contributed by atoms with E-state index in [1.54, 1.807) is 11.6 Å². The first-order valence-electron chi connectivity index (χ1n) is 9.45. The SMILES string of the molecule is CCn1c([C@@H]2CCCN(c3ccc(-c4ccccc4)nn3)C2)nn(C)c1=O. The van der Waals surface area contributed by atoms with E-state index >= 15 is 0 Å². The molecule has 7 heteroatoms. The number of hydrogen-bond donors (Lipinski definition) is 0. The second-order valence-electron chi connectivity index (χ2n) is 6.94. The Bertz CT molecular complexity index is 960. The first-order chi connectivity index (χ1) is 13.2. The van der Waals surface area contributed by atoms with Crippen molar-refractivity contribution in [3.63, 3.8) is 0 Å². The van der Waals surface area contributed by atoms with Gasteiger partial charge in [0.2, 0.25) is 0 Å². The van der Waals surface area contributed by atoms with Gasteiger partial charge in [0, 0.05) is 38.2 Å². The van der Waals surface area contributed by atoms with Crippen LogP contribution in [0.5, 0.6) is 0 Å². The molecule has 0 aliphatic carbocycles. The van der Waals surface area contributed by atoms with Crippen LogP contribution in [0.25, 0.3) is 11.3 Å². The van der Waals surface area contributed by atoms with E-state index in [0.717, 1.165) is 48.8 Å². The molecule has 0 unspecified atom stereocenters. The summed E-state index contributed by atoms with van der Waals surface area (Å²) >= 11 is 0. The average Bonchev–Trinajstić information content (AvgIpc) is 3.03. The minimum absolute atomic E-state index is 0.0448. The quantitative estimate of drug-likeness (QED) is 0.711. The Labute approximate surface area is 158 Å². The third-order valence-corrected chi connectivity index (χ3v) is 5.18. The highest BCUT2D eigenvalue weighted by Gasteiger charge is 2.27. The number of benzene rings is 1. The van der Waals surface area contributed by atoms with E-state index in [2.05, 4.69) is 20.2 Å². The molecule has 27 heavy (non-hydrogen) atoms. The fourth-order valence-electron chi connectivity index (χ4n) is 3.78. The Morgan fingerprint density at radius 2 is 1.93 bits per heavy atom. The van der Waals surface area contributed by atoms with Gasteiger partial charge < -0.3 is 4.90 Å². The largest absolute Gasteiger partial charge is 0.354 e. The number of rotatable bonds is 4. The van der Waals surface area contributed by atoms with Crippen LogP contribution in [0, 0.1) is 0 Å². The van der Waals surface area contributed by atoms with Crippen molar-refractivity contribution in [3.8, 4) is 11.3 Å². The van der Waals surface area contributed by atoms with E-state index in [-0.39, 0.29) is 11.6 Å². The van der Waals surface area contributed by atoms with Gasteiger partial charge in [0.15, 0.2) is 5.82 Å². The molecule has 3 aromatic rings. The zero-order valence-corrected chi connectivity index (χ0v) is 15.7. The fraction of sp³-hybridized carbons (Fsp3) is 0.400. The zero-order valence-electron chi connectivity index (χ0n) is 15.7. The Morgan fingerprint density at radius 3 is 2.63 bits per heavy atom. The Kier molecular flexibility index (Phi) is 4.75. The van der Waals surface area contributed by atoms with E-state index in [1.165, 1.54) is 4.68 Å². The maximum absolute atomic E-state index is 12.2. The maximum atomic E-state index is 12.2. The number of piperidine rings is 1. The van der Waals surface area contributed by atoms with E-state index < -0.39 is 0 Å². The molecule has 2 aromatic heterocycles. The molecule has 0 N–H and O–H groups in total. The number of anilines is 1. The Hall–Kier alpha value is -2.96. The highest BCUT2D eigenvalue weighted by Crippen LogP contribution is 2.28. The molecule has 0 radical (unpaired) electrons. The molecule has 1 aromatic carbocycles. The normalized spacial score (nSPS) is 17.3. The number of aryl methyl sites for hydroxylation is 1. The Balaban J connectivity index is 1.55. The lowest BCUT2D eigenvalue weighted by Gasteiger charge is -2.32. The molecule has 1 fully saturated rings. The first kappa shape index (κ1) is 17.5. The summed E-state index contributed by atoms with van der Waals surface area (Å²) in [4.78, 5) is 14.5. The second-order valence-corrected chi connectivity index (χ2v) is 6.94. The van der Waals surface area contributed by atoms with Crippen molar-refractivity contribution in [2.24, 2.45) is 7.05 Å². The third kappa shape index (κ3) is 3.37. The number of nitrogens with zero attached hydrogens (tertiary/aromatic N) is 6. The van der Waals surface area contributed by atoms with Gasteiger partial charge in [-0.25, -0.2) is 9.48 Å². The van der Waals surface area contributed by atoms with Crippen molar-refractivity contribution in [1.82, 2.24) is 24.5 Å². The smallest absolute Gasteiger partial charge is 0.345 e. The highest BCUT2D eigenvalue weighted by atomic mass is 16.2. The van der Waals surface area contributed by atoms with Gasteiger partial charge in [-0.05, 0) is 31.9 Å². The van der Waals surface area contributed by atoms with Crippen molar-refractivity contribution < 1.29 is 0 Å². The predicted molar refractivity (Wildman–Crippen MR) is 105 cm³/mol. The second kappa shape index (κ2) is 7.34. The monoisotopic (exact) mass is 364 g/mol. The van der Waals surface area contributed by atoms with Crippen molar-refractivity contribution in [2.45, 2.75) is 32.2 Å². The first-order valence-corrected chi connectivity index (χ1v) is 9.45. The summed E-state index contributed by atoms with van der Waals surface area (Å²) in [6, 6.07) is 14.1. The van der Waals surface area contributed by atoms with E-state index in [9.17, 15) is 4.79 Å². The molecule has 7 nitrogen and oxygen atoms in total. The molecule has 1 aliphatic heterocycles. The molecular formula is C20H24N6O. The summed E-state index contributed by atoms with van der Waals surface area (Å²) in [5, 5.41) is 13.4. The van der Waals surface area contributed by atoms with Crippen LogP contribution in [-0.2, 0) is 13.6 Å². The standard InChI is InChI=1S/C20H24N6O/c1-3-26-19(23-24(2)20(26)27)16-10-7-13-25(14-16)18-12-11-17(21-22-18)15-8-5-4-6-9-15/h4-6,8-9,11-12,16H,3,7,10,13-14H2,1-2H3/t16-/m1/s1. The molecule has 0 spiro atoms. The number of hydrogen-bond acceptors (Lipinski definition) is 5. The summed E-state index contributed by atoms with van der Waals surface area (Å²) in [5.41, 5.74) is 1.89. The van der Waals surface area contributed by atoms with Crippen molar-refractivity contribution >= 4 is 5.82 Å². The minimum Gasteiger partial charge on any atom is -0.354 e. The topological polar surface area (TPSA) is 68.8 Å². The van der Waals surface area contributed by atoms with Crippen LogP contribution in [-0.4, -0.2) is 37.6 Å². The molecule has 3 heterocycles. The van der Waals surface area contributed by atoms with Gasteiger partial charge in [0.25, 0.3) is 0 Å². The third-order valence-electron chi connectivity index (χ3n) is 5.18. The van der Waals surface area contributed by atoms with Crippen molar-refractivity contribution in [1.29, 1.82) is 0 Å². The van der Waals surface area contributed by atoms with Gasteiger partial charge in [0.05, 0.1) is 5.69 Å². The van der Waals surface area contributed by atoms with Crippen LogP contribution in [0.1, 0.15) is 31.5 Å². The summed E-state index contributed by atoms with van der Waals surface area (Å²) < 4.78 is 3.21. The van der Waals surface area contributed by atoms with Crippen LogP contribution < -0.4 is 10.6 Å². The maximum Gasteiger partial charge on any atom is 0.345 e. The van der Waals surface area contributed by atoms with Crippen LogP contribution >= 0.6 is 0 Å². The van der Waals surface area contributed by atoms with Gasteiger partial charge in [-0.1, -0.05) is 30.3 Å². The molecule has 1 saturated heterocycles. The average molecular weight is 364 g/mol. The molecule has 0 amide bonds. The summed E-state index contributed by atoms with van der Waals surface area (Å²) in [5.74, 6) is 1.98. The molecule has 1 atom stereocenters. The van der Waals surface area contributed by atoms with Crippen molar-refractivity contribution in [2.75, 3.05) is 18.0 Å². The van der Waals surface area contributed by atoms with Gasteiger partial charge in [-0.3, -0.25) is 4.57 Å². The minimum atomic E-state index is -0.0448. The van der Waals surface area contributed by atoms with Crippen molar-refractivity contribution in [3.05, 3.63) is 58.8 Å². The van der Waals surface area contributed by atoms with Gasteiger partial charge in [-0.15, -0.1) is 10.2 Å². The number of aromatic nitrogens is 5. The van der Waals surface area contributed by atoms with Crippen LogP contribution in [0.2, 0.25) is 0 Å². The van der Waals surface area contributed by atoms with Gasteiger partial charge in [0.1, 0.15) is 5.82 Å². The van der Waals surface area contributed by atoms with E-state index in [0.29, 0.717) is 6.54 Å². The molecule has 0 saturated carbocycles. The lowest BCUT2D eigenvalue weighted by molar-refractivity contribution is 0.467. The van der Waals surface area contributed by atoms with Gasteiger partial charge >= 0.3 is 5.69 Å². The fourth-order valence-corrected chi connectivity index (χ4v) is 3.78. The lowest BCUT2D eigenvalue weighted by Crippen LogP contribution is -2.36. The van der Waals surface area contributed by atoms with Crippen LogP contribution in [0.15, 0.2) is 47.3 Å². The van der Waals surface area contributed by atoms with Crippen LogP contribution in [0.3, 0.4) is 0 Å². The molecular weight excluding hydrogens is 340 g/mol. The Morgan fingerprint density at radius 1 is 1.11 bits per heavy atom. The van der Waals surface area contributed by atoms with Crippen LogP contribution in [0.4, 0.5) is 5.82 Å². The molecule has 1 aliphatic rings. The molecule has 4 rings (SSSR count). The molecule has 0 bridgehead atoms. The molecule has 140 valence electrons.